The number of pyridine rings is 2. The maximum atomic E-state index is 14.4. The number of carboxylic acid groups (broad SMARTS) is 1. The van der Waals surface area contributed by atoms with Gasteiger partial charge in [-0.25, -0.2) is 18.6 Å². The quantitative estimate of drug-likeness (QED) is 0.118. The van der Waals surface area contributed by atoms with E-state index in [9.17, 15) is 27.9 Å². The molecule has 6 rings (SSSR count). The van der Waals surface area contributed by atoms with Gasteiger partial charge in [0.15, 0.2) is 0 Å². The van der Waals surface area contributed by atoms with Crippen molar-refractivity contribution in [3.63, 3.8) is 0 Å². The topological polar surface area (TPSA) is 120 Å². The van der Waals surface area contributed by atoms with Gasteiger partial charge >= 0.3 is 5.97 Å². The van der Waals surface area contributed by atoms with Gasteiger partial charge in [-0.15, -0.1) is 0 Å². The lowest BCUT2D eigenvalue weighted by Crippen LogP contribution is -2.43. The summed E-state index contributed by atoms with van der Waals surface area (Å²) in [5.41, 5.74) is 5.78. The highest BCUT2D eigenvalue weighted by molar-refractivity contribution is 6.00. The number of aryl methyl sites for hydroxylation is 2. The Morgan fingerprint density at radius 3 is 2.05 bits per heavy atom. The molecule has 1 amide bonds. The lowest BCUT2D eigenvalue weighted by molar-refractivity contribution is -0.139. The molecule has 0 radical (unpaired) electrons. The van der Waals surface area contributed by atoms with Crippen molar-refractivity contribution >= 4 is 22.8 Å². The van der Waals surface area contributed by atoms with E-state index in [2.05, 4.69) is 15.3 Å². The van der Waals surface area contributed by atoms with E-state index < -0.39 is 41.1 Å². The molecule has 6 aromatic rings. The highest BCUT2D eigenvalue weighted by Gasteiger charge is 2.27. The van der Waals surface area contributed by atoms with Crippen molar-refractivity contribution in [1.82, 2.24) is 15.3 Å². The van der Waals surface area contributed by atoms with E-state index in [1.807, 2.05) is 56.3 Å². The number of nitrogens with zero attached hydrogens (tertiary/aromatic N) is 2. The molecule has 0 saturated heterocycles. The first-order chi connectivity index (χ1) is 26.4. The molecule has 9 nitrogen and oxygen atoms in total. The largest absolute Gasteiger partial charge is 0.496 e. The molecule has 4 aromatic carbocycles. The van der Waals surface area contributed by atoms with Crippen molar-refractivity contribution in [3.05, 3.63) is 143 Å². The molecule has 0 fully saturated rings. The molecule has 0 saturated carbocycles. The molecule has 2 aromatic heterocycles. The first kappa shape index (κ1) is 42.5. The lowest BCUT2D eigenvalue weighted by atomic mass is 9.93. The Morgan fingerprint density at radius 1 is 0.804 bits per heavy atom. The zero-order valence-corrected chi connectivity index (χ0v) is 31.0. The highest BCUT2D eigenvalue weighted by Crippen LogP contribution is 2.43. The average Bonchev–Trinajstić information content (AvgIpc) is 3.16. The molecule has 12 heteroatoms. The number of halogens is 3. The number of fused-ring (bicyclic) bond motifs is 1. The number of nitrogens with one attached hydrogen (secondary N) is 1. The summed E-state index contributed by atoms with van der Waals surface area (Å²) in [6, 6.07) is 22.5. The number of aromatic nitrogens is 2. The van der Waals surface area contributed by atoms with Crippen LogP contribution in [0.15, 0.2) is 97.3 Å². The number of carbonyl (C=O) groups is 2. The summed E-state index contributed by atoms with van der Waals surface area (Å²) in [6.45, 7) is 6.34. The number of carbonyl (C=O) groups excluding carboxylic acids is 1. The Hall–Kier alpha value is -6.27. The van der Waals surface area contributed by atoms with E-state index in [0.717, 1.165) is 34.4 Å². The van der Waals surface area contributed by atoms with Crippen molar-refractivity contribution in [2.75, 3.05) is 20.8 Å². The van der Waals surface area contributed by atoms with Crippen molar-refractivity contribution in [3.8, 4) is 33.8 Å². The summed E-state index contributed by atoms with van der Waals surface area (Å²) < 4.78 is 58.5. The van der Waals surface area contributed by atoms with Crippen LogP contribution in [0.25, 0.3) is 33.2 Å². The van der Waals surface area contributed by atoms with E-state index >= 15 is 0 Å². The summed E-state index contributed by atoms with van der Waals surface area (Å²) in [5.74, 6) is -4.02. The molecule has 0 aliphatic heterocycles. The Morgan fingerprint density at radius 2 is 1.46 bits per heavy atom. The lowest BCUT2D eigenvalue weighted by Gasteiger charge is -2.19. The number of methoxy groups -OCH3 is 2. The number of benzene rings is 4. The van der Waals surface area contributed by atoms with Crippen LogP contribution in [0.3, 0.4) is 0 Å². The monoisotopic (exact) mass is 767 g/mol. The minimum atomic E-state index is -1.49. The minimum Gasteiger partial charge on any atom is -0.496 e. The van der Waals surface area contributed by atoms with Crippen LogP contribution in [0, 0.1) is 31.4 Å². The number of rotatable bonds is 12. The van der Waals surface area contributed by atoms with Crippen LogP contribution >= 0.6 is 0 Å². The summed E-state index contributed by atoms with van der Waals surface area (Å²) in [4.78, 5) is 32.9. The number of aliphatic carboxylic acids is 1. The van der Waals surface area contributed by atoms with Gasteiger partial charge in [-0.2, -0.15) is 4.39 Å². The Balaban J connectivity index is 0.000000388. The number of amides is 1. The molecule has 2 N–H and O–H groups in total. The SMILES string of the molecule is C.CCOCc1cc(OC)c(-c2ccc(C[C@H](NC(=O)c3c(F)cc(C)cc3F)C(=O)O)c3ncccc23)c(OC)c1.Cc1ccc(-c2ccnc(F)c2)cc1. The van der Waals surface area contributed by atoms with Gasteiger partial charge in [0.2, 0.25) is 5.95 Å². The van der Waals surface area contributed by atoms with Gasteiger partial charge in [0.1, 0.15) is 34.7 Å². The predicted molar refractivity (Wildman–Crippen MR) is 210 cm³/mol. The van der Waals surface area contributed by atoms with Gasteiger partial charge < -0.3 is 24.6 Å². The number of hydrogen-bond donors (Lipinski definition) is 2. The fraction of sp³-hybridized carbons (Fsp3) is 0.227. The van der Waals surface area contributed by atoms with Gasteiger partial charge in [0.25, 0.3) is 5.91 Å². The fourth-order valence-corrected chi connectivity index (χ4v) is 6.04. The molecule has 0 aliphatic rings. The molecule has 0 bridgehead atoms. The Bertz CT molecular complexity index is 2270. The van der Waals surface area contributed by atoms with Gasteiger partial charge in [-0.05, 0) is 90.6 Å². The van der Waals surface area contributed by atoms with Crippen LogP contribution in [0.1, 0.15) is 47.0 Å². The first-order valence-corrected chi connectivity index (χ1v) is 17.3. The molecule has 0 aliphatic carbocycles. The first-order valence-electron chi connectivity index (χ1n) is 17.3. The van der Waals surface area contributed by atoms with Gasteiger partial charge in [-0.1, -0.05) is 55.5 Å². The Kier molecular flexibility index (Phi) is 14.7. The molecular weight excluding hydrogens is 723 g/mol. The third-order valence-electron chi connectivity index (χ3n) is 8.71. The van der Waals surface area contributed by atoms with E-state index in [1.165, 1.54) is 24.8 Å². The summed E-state index contributed by atoms with van der Waals surface area (Å²) >= 11 is 0. The summed E-state index contributed by atoms with van der Waals surface area (Å²) in [5, 5.41) is 12.8. The normalized spacial score (nSPS) is 11.1. The van der Waals surface area contributed by atoms with E-state index in [4.69, 9.17) is 14.2 Å². The van der Waals surface area contributed by atoms with Crippen LogP contribution in [-0.4, -0.2) is 53.8 Å². The minimum absolute atomic E-state index is 0. The predicted octanol–water partition coefficient (Wildman–Crippen LogP) is 9.30. The van der Waals surface area contributed by atoms with Crippen molar-refractivity contribution in [1.29, 1.82) is 0 Å². The van der Waals surface area contributed by atoms with Crippen molar-refractivity contribution in [2.24, 2.45) is 0 Å². The average molecular weight is 768 g/mol. The molecule has 2 heterocycles. The third kappa shape index (κ3) is 10.1. The molecule has 0 spiro atoms. The van der Waals surface area contributed by atoms with Gasteiger partial charge in [-0.3, -0.25) is 9.78 Å². The zero-order valence-electron chi connectivity index (χ0n) is 31.0. The third-order valence-corrected chi connectivity index (χ3v) is 8.71. The highest BCUT2D eigenvalue weighted by atomic mass is 19.1. The molecule has 292 valence electrons. The van der Waals surface area contributed by atoms with E-state index in [0.29, 0.717) is 52.3 Å². The number of carboxylic acids is 1. The zero-order chi connectivity index (χ0) is 39.6. The smallest absolute Gasteiger partial charge is 0.326 e. The van der Waals surface area contributed by atoms with E-state index in [1.54, 1.807) is 44.7 Å². The standard InChI is InChI=1S/C31H30F2N2O6.C12H10FN.CH4/c1-5-41-16-18-13-25(39-3)27(26(14-18)40-4)20-9-8-19(29-21(20)7-6-10-34-29)15-24(31(37)38)35-30(36)28-22(32)11-17(2)12-23(28)33;1-9-2-4-10(5-3-9)11-6-7-14-12(13)8-11;/h6-14,24H,5,15-16H2,1-4H3,(H,35,36)(H,37,38);2-8H,1H3;1H4/t24-;;/m0../s1. The maximum absolute atomic E-state index is 14.4. The second-order valence-electron chi connectivity index (χ2n) is 12.6. The molecular formula is C44H44F3N3O6. The molecule has 56 heavy (non-hydrogen) atoms. The van der Waals surface area contributed by atoms with Crippen LogP contribution in [0.5, 0.6) is 11.5 Å². The fourth-order valence-electron chi connectivity index (χ4n) is 6.04. The van der Waals surface area contributed by atoms with Crippen LogP contribution in [-0.2, 0) is 22.6 Å². The number of hydrogen-bond acceptors (Lipinski definition) is 7. The van der Waals surface area contributed by atoms with Crippen LogP contribution in [0.2, 0.25) is 0 Å². The molecule has 0 unspecified atom stereocenters. The van der Waals surface area contributed by atoms with Crippen LogP contribution < -0.4 is 14.8 Å². The van der Waals surface area contributed by atoms with E-state index in [-0.39, 0.29) is 13.8 Å². The van der Waals surface area contributed by atoms with Gasteiger partial charge in [0, 0.05) is 36.9 Å². The van der Waals surface area contributed by atoms with Gasteiger partial charge in [0.05, 0.1) is 31.9 Å². The van der Waals surface area contributed by atoms with Crippen molar-refractivity contribution < 1.29 is 42.1 Å². The number of ether oxygens (including phenoxy) is 3. The second kappa shape index (κ2) is 19.4. The van der Waals surface area contributed by atoms with Crippen LogP contribution in [0.4, 0.5) is 13.2 Å². The summed E-state index contributed by atoms with van der Waals surface area (Å²) in [7, 11) is 3.11. The molecule has 1 atom stereocenters. The summed E-state index contributed by atoms with van der Waals surface area (Å²) in [6.07, 6.45) is 2.86. The van der Waals surface area contributed by atoms with Crippen molar-refractivity contribution in [2.45, 2.75) is 47.3 Å². The maximum Gasteiger partial charge on any atom is 0.326 e. The second-order valence-corrected chi connectivity index (χ2v) is 12.6. The Labute approximate surface area is 324 Å².